The van der Waals surface area contributed by atoms with Crippen LogP contribution in [0.4, 0.5) is 5.69 Å². The Labute approximate surface area is 181 Å². The fourth-order valence-corrected chi connectivity index (χ4v) is 5.59. The zero-order chi connectivity index (χ0) is 21.9. The largest absolute Gasteiger partial charge is 0.508 e. The van der Waals surface area contributed by atoms with E-state index in [1.165, 1.54) is 12.1 Å². The number of hydrogen-bond donors (Lipinski definition) is 2. The Morgan fingerprint density at radius 3 is 2.58 bits per heavy atom. The van der Waals surface area contributed by atoms with Crippen molar-refractivity contribution in [1.29, 1.82) is 0 Å². The zero-order valence-electron chi connectivity index (χ0n) is 16.4. The average molecular weight is 438 g/mol. The summed E-state index contributed by atoms with van der Waals surface area (Å²) < 4.78 is 10.8. The summed E-state index contributed by atoms with van der Waals surface area (Å²) in [6.45, 7) is 2.37. The molecule has 3 atom stereocenters. The van der Waals surface area contributed by atoms with Crippen molar-refractivity contribution in [2.75, 3.05) is 11.5 Å². The first-order valence-corrected chi connectivity index (χ1v) is 10.6. The second kappa shape index (κ2) is 7.05. The van der Waals surface area contributed by atoms with E-state index in [0.717, 1.165) is 16.7 Å². The number of imide groups is 1. The van der Waals surface area contributed by atoms with Crippen LogP contribution in [0.1, 0.15) is 18.4 Å². The molecule has 31 heavy (non-hydrogen) atoms. The van der Waals surface area contributed by atoms with Gasteiger partial charge in [0.2, 0.25) is 11.8 Å². The van der Waals surface area contributed by atoms with Gasteiger partial charge in [-0.3, -0.25) is 9.59 Å². The molecule has 0 saturated carbocycles. The normalized spacial score (nSPS) is 24.5. The van der Waals surface area contributed by atoms with Gasteiger partial charge >= 0.3 is 5.97 Å². The SMILES string of the molecule is CCOc1ccc(N2C(=O)[C@@H]3[C@@H]4C(=C(N)S[C@H]3C2=O)C(=O)Oc2cc(O)ccc24)cc1. The fraction of sp³-hybridized carbons (Fsp3) is 0.227. The summed E-state index contributed by atoms with van der Waals surface area (Å²) in [5, 5.41) is 9.19. The van der Waals surface area contributed by atoms with Crippen molar-refractivity contribution in [3.8, 4) is 17.2 Å². The number of ether oxygens (including phenoxy) is 2. The molecule has 3 aliphatic heterocycles. The molecule has 2 amide bonds. The van der Waals surface area contributed by atoms with Crippen molar-refractivity contribution in [2.45, 2.75) is 18.1 Å². The molecule has 158 valence electrons. The van der Waals surface area contributed by atoms with E-state index >= 15 is 0 Å². The smallest absolute Gasteiger partial charge is 0.342 e. The van der Waals surface area contributed by atoms with Crippen LogP contribution in [0.5, 0.6) is 17.2 Å². The lowest BCUT2D eigenvalue weighted by atomic mass is 9.77. The Morgan fingerprint density at radius 1 is 1.13 bits per heavy atom. The number of nitrogens with two attached hydrogens (primary N) is 1. The number of thioether (sulfide) groups is 1. The molecule has 1 fully saturated rings. The van der Waals surface area contributed by atoms with Gasteiger partial charge in [-0.15, -0.1) is 0 Å². The maximum absolute atomic E-state index is 13.5. The van der Waals surface area contributed by atoms with Gasteiger partial charge < -0.3 is 20.3 Å². The Kier molecular flexibility index (Phi) is 4.44. The van der Waals surface area contributed by atoms with E-state index in [9.17, 15) is 19.5 Å². The summed E-state index contributed by atoms with van der Waals surface area (Å²) in [5.74, 6) is -2.29. The average Bonchev–Trinajstić information content (AvgIpc) is 2.98. The lowest BCUT2D eigenvalue weighted by molar-refractivity contribution is -0.131. The highest BCUT2D eigenvalue weighted by Crippen LogP contribution is 2.54. The highest BCUT2D eigenvalue weighted by atomic mass is 32.2. The first-order chi connectivity index (χ1) is 14.9. The molecule has 2 aromatic carbocycles. The summed E-state index contributed by atoms with van der Waals surface area (Å²) >= 11 is 1.02. The zero-order valence-corrected chi connectivity index (χ0v) is 17.2. The van der Waals surface area contributed by atoms with Gasteiger partial charge in [0.15, 0.2) is 0 Å². The van der Waals surface area contributed by atoms with Crippen LogP contribution in [0.15, 0.2) is 53.1 Å². The standard InChI is InChI=1S/C22H18N2O6S/c1-2-29-12-6-3-10(4-7-12)24-20(26)16-15-13-8-5-11(25)9-14(13)30-22(28)17(15)19(23)31-18(16)21(24)27/h3-9,15-16,18,25H,2,23H2,1H3/t15-,16-,18-/m1/s1. The number of esters is 1. The minimum atomic E-state index is -0.817. The molecule has 0 aromatic heterocycles. The van der Waals surface area contributed by atoms with Gasteiger partial charge in [-0.05, 0) is 37.3 Å². The molecule has 5 rings (SSSR count). The molecule has 9 heteroatoms. The van der Waals surface area contributed by atoms with Crippen molar-refractivity contribution < 1.29 is 29.0 Å². The lowest BCUT2D eigenvalue weighted by Gasteiger charge is -2.36. The number of hydrogen-bond acceptors (Lipinski definition) is 8. The van der Waals surface area contributed by atoms with Crippen LogP contribution >= 0.6 is 11.8 Å². The predicted molar refractivity (Wildman–Crippen MR) is 113 cm³/mol. The minimum absolute atomic E-state index is 0.0708. The molecule has 8 nitrogen and oxygen atoms in total. The van der Waals surface area contributed by atoms with Crippen LogP contribution in [0.2, 0.25) is 0 Å². The summed E-state index contributed by atoms with van der Waals surface area (Å²) in [4.78, 5) is 40.6. The van der Waals surface area contributed by atoms with E-state index in [-0.39, 0.29) is 28.0 Å². The molecule has 3 N–H and O–H groups in total. The third kappa shape index (κ3) is 2.88. The van der Waals surface area contributed by atoms with Gasteiger partial charge in [0.1, 0.15) is 22.5 Å². The van der Waals surface area contributed by atoms with E-state index in [4.69, 9.17) is 15.2 Å². The monoisotopic (exact) mass is 438 g/mol. The Morgan fingerprint density at radius 2 is 1.87 bits per heavy atom. The van der Waals surface area contributed by atoms with E-state index in [2.05, 4.69) is 0 Å². The van der Waals surface area contributed by atoms with E-state index in [1.807, 2.05) is 6.92 Å². The Bertz CT molecular complexity index is 1160. The van der Waals surface area contributed by atoms with Gasteiger partial charge in [-0.2, -0.15) is 0 Å². The Balaban J connectivity index is 1.59. The lowest BCUT2D eigenvalue weighted by Crippen LogP contribution is -2.39. The van der Waals surface area contributed by atoms with Crippen LogP contribution in [-0.2, 0) is 14.4 Å². The van der Waals surface area contributed by atoms with Gasteiger partial charge in [-0.25, -0.2) is 9.69 Å². The molecule has 0 aliphatic carbocycles. The van der Waals surface area contributed by atoms with Crippen LogP contribution in [0.25, 0.3) is 0 Å². The first-order valence-electron chi connectivity index (χ1n) is 9.72. The van der Waals surface area contributed by atoms with Crippen molar-refractivity contribution in [2.24, 2.45) is 11.7 Å². The molecule has 3 heterocycles. The highest BCUT2D eigenvalue weighted by Gasteiger charge is 2.58. The number of nitrogens with zero attached hydrogens (tertiary/aromatic N) is 1. The number of phenolic OH excluding ortho intramolecular Hbond substituents is 1. The van der Waals surface area contributed by atoms with E-state index in [1.54, 1.807) is 30.3 Å². The van der Waals surface area contributed by atoms with Gasteiger partial charge in [-0.1, -0.05) is 17.8 Å². The Hall–Kier alpha value is -3.46. The second-order valence-corrected chi connectivity index (χ2v) is 8.55. The maximum atomic E-state index is 13.5. The van der Waals surface area contributed by atoms with Crippen LogP contribution < -0.4 is 20.1 Å². The fourth-order valence-electron chi connectivity index (χ4n) is 4.35. The van der Waals surface area contributed by atoms with Gasteiger partial charge in [0, 0.05) is 17.5 Å². The van der Waals surface area contributed by atoms with E-state index in [0.29, 0.717) is 23.6 Å². The predicted octanol–water partition coefficient (Wildman–Crippen LogP) is 2.27. The highest BCUT2D eigenvalue weighted by molar-refractivity contribution is 8.04. The molecule has 1 saturated heterocycles. The number of aromatic hydroxyl groups is 1. The quantitative estimate of drug-likeness (QED) is 0.426. The molecule has 0 bridgehead atoms. The second-order valence-electron chi connectivity index (χ2n) is 7.37. The summed E-state index contributed by atoms with van der Waals surface area (Å²) in [6, 6.07) is 11.1. The number of phenols is 1. The van der Waals surface area contributed by atoms with Gasteiger partial charge in [0.25, 0.3) is 0 Å². The van der Waals surface area contributed by atoms with Crippen molar-refractivity contribution in [3.63, 3.8) is 0 Å². The third-order valence-electron chi connectivity index (χ3n) is 5.65. The number of rotatable bonds is 3. The maximum Gasteiger partial charge on any atom is 0.342 e. The number of fused-ring (bicyclic) bond motifs is 5. The third-order valence-corrected chi connectivity index (χ3v) is 6.87. The number of amides is 2. The van der Waals surface area contributed by atoms with Crippen molar-refractivity contribution >= 4 is 35.2 Å². The van der Waals surface area contributed by atoms with Crippen LogP contribution in [0.3, 0.4) is 0 Å². The number of carbonyl (C=O) groups excluding carboxylic acids is 3. The van der Waals surface area contributed by atoms with Crippen molar-refractivity contribution in [1.82, 2.24) is 0 Å². The molecular formula is C22H18N2O6S. The first kappa shape index (κ1) is 19.5. The summed E-state index contributed by atoms with van der Waals surface area (Å²) in [7, 11) is 0. The van der Waals surface area contributed by atoms with Gasteiger partial charge in [0.05, 0.1) is 28.8 Å². The molecular weight excluding hydrogens is 420 g/mol. The van der Waals surface area contributed by atoms with Crippen molar-refractivity contribution in [3.05, 3.63) is 58.6 Å². The molecule has 0 spiro atoms. The summed E-state index contributed by atoms with van der Waals surface area (Å²) in [5.41, 5.74) is 7.31. The number of anilines is 1. The number of benzene rings is 2. The van der Waals surface area contributed by atoms with Crippen LogP contribution in [0, 0.1) is 5.92 Å². The minimum Gasteiger partial charge on any atom is -0.508 e. The van der Waals surface area contributed by atoms with Crippen LogP contribution in [-0.4, -0.2) is 34.7 Å². The summed E-state index contributed by atoms with van der Waals surface area (Å²) in [6.07, 6.45) is 0. The molecule has 0 radical (unpaired) electrons. The molecule has 2 aromatic rings. The van der Waals surface area contributed by atoms with E-state index < -0.39 is 29.0 Å². The molecule has 3 aliphatic rings. The number of carbonyl (C=O) groups is 3. The topological polar surface area (TPSA) is 119 Å². The molecule has 0 unspecified atom stereocenters.